The number of aryl methyl sites for hydroxylation is 1. The van der Waals surface area contributed by atoms with Gasteiger partial charge in [0.25, 0.3) is 5.56 Å². The molecule has 144 valence electrons. The molecule has 0 radical (unpaired) electrons. The van der Waals surface area contributed by atoms with Crippen LogP contribution in [0.5, 0.6) is 0 Å². The third-order valence-electron chi connectivity index (χ3n) is 5.82. The standard InChI is InChI=1S/C22H24N4O2/c1-14-8-7-11-19(15(14)2)26-20-18(21(27)24-22(26)28)12-25(13-23-20)16(3)17-9-5-4-6-10-17/h4-11,16,23H,12-13H2,1-3H3,(H,24,27,28)/p+1/t16-/m1/s1. The lowest BCUT2D eigenvalue weighted by Crippen LogP contribution is -3.12. The van der Waals surface area contributed by atoms with E-state index in [4.69, 9.17) is 0 Å². The van der Waals surface area contributed by atoms with Crippen molar-refractivity contribution in [3.8, 4) is 5.69 Å². The molecule has 1 unspecified atom stereocenters. The molecule has 6 nitrogen and oxygen atoms in total. The number of quaternary nitrogens is 1. The van der Waals surface area contributed by atoms with Gasteiger partial charge in [-0.05, 0) is 38.0 Å². The molecule has 0 fully saturated rings. The second-order valence-corrected chi connectivity index (χ2v) is 7.46. The van der Waals surface area contributed by atoms with Gasteiger partial charge in [-0.3, -0.25) is 9.78 Å². The Balaban J connectivity index is 1.79. The molecule has 0 bridgehead atoms. The molecule has 0 aliphatic carbocycles. The summed E-state index contributed by atoms with van der Waals surface area (Å²) in [5.74, 6) is 0.603. The third kappa shape index (κ3) is 3.05. The molecule has 0 amide bonds. The maximum Gasteiger partial charge on any atom is 0.334 e. The van der Waals surface area contributed by atoms with Gasteiger partial charge in [-0.15, -0.1) is 0 Å². The number of H-pyrrole nitrogens is 1. The lowest BCUT2D eigenvalue weighted by Gasteiger charge is -2.32. The fraction of sp³-hybridized carbons (Fsp3) is 0.273. The van der Waals surface area contributed by atoms with E-state index >= 15 is 0 Å². The number of hydrogen-bond acceptors (Lipinski definition) is 3. The van der Waals surface area contributed by atoms with Gasteiger partial charge in [0.2, 0.25) is 0 Å². The Bertz CT molecular complexity index is 1130. The van der Waals surface area contributed by atoms with E-state index in [2.05, 4.69) is 29.4 Å². The van der Waals surface area contributed by atoms with Crippen LogP contribution in [0, 0.1) is 13.8 Å². The minimum atomic E-state index is -0.412. The third-order valence-corrected chi connectivity index (χ3v) is 5.82. The van der Waals surface area contributed by atoms with Crippen LogP contribution in [0.15, 0.2) is 58.1 Å². The molecule has 1 aliphatic heterocycles. The molecule has 0 saturated carbocycles. The van der Waals surface area contributed by atoms with Crippen molar-refractivity contribution in [2.24, 2.45) is 0 Å². The second-order valence-electron chi connectivity index (χ2n) is 7.46. The summed E-state index contributed by atoms with van der Waals surface area (Å²) >= 11 is 0. The summed E-state index contributed by atoms with van der Waals surface area (Å²) in [6, 6.07) is 16.4. The number of fused-ring (bicyclic) bond motifs is 1. The van der Waals surface area contributed by atoms with E-state index < -0.39 is 5.69 Å². The normalized spacial score (nSPS) is 16.9. The number of rotatable bonds is 3. The van der Waals surface area contributed by atoms with Crippen molar-refractivity contribution in [3.63, 3.8) is 0 Å². The molecule has 1 aromatic heterocycles. The highest BCUT2D eigenvalue weighted by atomic mass is 16.2. The summed E-state index contributed by atoms with van der Waals surface area (Å²) in [5, 5.41) is 3.36. The number of aromatic nitrogens is 2. The minimum absolute atomic E-state index is 0.224. The van der Waals surface area contributed by atoms with Crippen molar-refractivity contribution >= 4 is 5.82 Å². The zero-order valence-corrected chi connectivity index (χ0v) is 16.4. The first kappa shape index (κ1) is 18.3. The van der Waals surface area contributed by atoms with Gasteiger partial charge in [0.05, 0.1) is 5.69 Å². The maximum atomic E-state index is 12.7. The van der Waals surface area contributed by atoms with E-state index in [0.29, 0.717) is 24.6 Å². The van der Waals surface area contributed by atoms with Crippen molar-refractivity contribution in [1.82, 2.24) is 9.55 Å². The fourth-order valence-corrected chi connectivity index (χ4v) is 3.90. The first-order chi connectivity index (χ1) is 13.5. The molecule has 3 aromatic rings. The molecule has 2 aromatic carbocycles. The summed E-state index contributed by atoms with van der Waals surface area (Å²) in [6.07, 6.45) is 0. The fourth-order valence-electron chi connectivity index (χ4n) is 3.90. The molecule has 4 rings (SSSR count). The van der Waals surface area contributed by atoms with E-state index in [1.165, 1.54) is 10.5 Å². The van der Waals surface area contributed by atoms with Crippen LogP contribution in [-0.4, -0.2) is 16.2 Å². The van der Waals surface area contributed by atoms with Gasteiger partial charge in [0, 0.05) is 5.56 Å². The lowest BCUT2D eigenvalue weighted by molar-refractivity contribution is -0.941. The van der Waals surface area contributed by atoms with Gasteiger partial charge >= 0.3 is 5.69 Å². The summed E-state index contributed by atoms with van der Waals surface area (Å²) in [6.45, 7) is 7.36. The monoisotopic (exact) mass is 377 g/mol. The number of nitrogens with zero attached hydrogens (tertiary/aromatic N) is 1. The molecule has 2 atom stereocenters. The number of aromatic amines is 1. The zero-order valence-electron chi connectivity index (χ0n) is 16.4. The van der Waals surface area contributed by atoms with Gasteiger partial charge in [0.15, 0.2) is 6.67 Å². The second kappa shape index (κ2) is 7.13. The number of benzene rings is 2. The first-order valence-corrected chi connectivity index (χ1v) is 9.55. The van der Waals surface area contributed by atoms with E-state index in [1.807, 2.05) is 50.2 Å². The highest BCUT2D eigenvalue weighted by molar-refractivity contribution is 5.54. The highest BCUT2D eigenvalue weighted by Crippen LogP contribution is 2.22. The van der Waals surface area contributed by atoms with Gasteiger partial charge in [-0.25, -0.2) is 9.36 Å². The minimum Gasteiger partial charge on any atom is -0.324 e. The van der Waals surface area contributed by atoms with Gasteiger partial charge in [0.1, 0.15) is 24.0 Å². The van der Waals surface area contributed by atoms with Crippen LogP contribution < -0.4 is 21.5 Å². The Kier molecular flexibility index (Phi) is 4.65. The van der Waals surface area contributed by atoms with E-state index in [9.17, 15) is 9.59 Å². The zero-order chi connectivity index (χ0) is 19.8. The summed E-state index contributed by atoms with van der Waals surface area (Å²) in [4.78, 5) is 29.0. The van der Waals surface area contributed by atoms with Gasteiger partial charge in [-0.2, -0.15) is 0 Å². The van der Waals surface area contributed by atoms with Crippen LogP contribution in [0.3, 0.4) is 0 Å². The predicted molar refractivity (Wildman–Crippen MR) is 110 cm³/mol. The maximum absolute atomic E-state index is 12.7. The van der Waals surface area contributed by atoms with Crippen molar-refractivity contribution in [2.45, 2.75) is 33.4 Å². The van der Waals surface area contributed by atoms with Crippen LogP contribution in [0.1, 0.15) is 35.2 Å². The Morgan fingerprint density at radius 2 is 1.79 bits per heavy atom. The Morgan fingerprint density at radius 3 is 2.54 bits per heavy atom. The Labute approximate surface area is 163 Å². The molecule has 0 spiro atoms. The number of nitrogens with one attached hydrogen (secondary N) is 3. The Hall–Kier alpha value is -3.12. The van der Waals surface area contributed by atoms with Crippen molar-refractivity contribution < 1.29 is 4.90 Å². The summed E-state index contributed by atoms with van der Waals surface area (Å²) in [5.41, 5.74) is 4.03. The van der Waals surface area contributed by atoms with Crippen molar-refractivity contribution in [1.29, 1.82) is 0 Å². The van der Waals surface area contributed by atoms with E-state index in [-0.39, 0.29) is 11.6 Å². The van der Waals surface area contributed by atoms with Crippen LogP contribution in [0.25, 0.3) is 5.69 Å². The average molecular weight is 377 g/mol. The van der Waals surface area contributed by atoms with Gasteiger partial charge < -0.3 is 10.2 Å². The molecule has 28 heavy (non-hydrogen) atoms. The van der Waals surface area contributed by atoms with Crippen LogP contribution in [-0.2, 0) is 6.54 Å². The molecule has 6 heteroatoms. The molecular formula is C22H25N4O2+. The number of hydrogen-bond donors (Lipinski definition) is 3. The van der Waals surface area contributed by atoms with Crippen molar-refractivity contribution in [3.05, 3.63) is 91.6 Å². The highest BCUT2D eigenvalue weighted by Gasteiger charge is 2.30. The predicted octanol–water partition coefficient (Wildman–Crippen LogP) is 1.67. The van der Waals surface area contributed by atoms with E-state index in [0.717, 1.165) is 16.8 Å². The molecule has 3 N–H and O–H groups in total. The van der Waals surface area contributed by atoms with Crippen LogP contribution in [0.4, 0.5) is 5.82 Å². The number of anilines is 1. The smallest absolute Gasteiger partial charge is 0.324 e. The van der Waals surface area contributed by atoms with Crippen molar-refractivity contribution in [2.75, 3.05) is 12.0 Å². The molecule has 0 saturated heterocycles. The first-order valence-electron chi connectivity index (χ1n) is 9.55. The Morgan fingerprint density at radius 1 is 1.04 bits per heavy atom. The molecule has 2 heterocycles. The van der Waals surface area contributed by atoms with Crippen LogP contribution >= 0.6 is 0 Å². The van der Waals surface area contributed by atoms with E-state index in [1.54, 1.807) is 4.57 Å². The topological polar surface area (TPSA) is 71.3 Å². The van der Waals surface area contributed by atoms with Gasteiger partial charge in [-0.1, -0.05) is 42.5 Å². The summed E-state index contributed by atoms with van der Waals surface area (Å²) < 4.78 is 1.60. The molecular weight excluding hydrogens is 352 g/mol. The quantitative estimate of drug-likeness (QED) is 0.650. The largest absolute Gasteiger partial charge is 0.334 e. The SMILES string of the molecule is Cc1cccc(-n2c3c(c(=O)[nH]c2=O)C[NH+]([C@H](C)c2ccccc2)CN3)c1C. The average Bonchev–Trinajstić information content (AvgIpc) is 2.71. The lowest BCUT2D eigenvalue weighted by atomic mass is 10.1. The van der Waals surface area contributed by atoms with Crippen LogP contribution in [0.2, 0.25) is 0 Å². The summed E-state index contributed by atoms with van der Waals surface area (Å²) in [7, 11) is 0. The molecule has 1 aliphatic rings.